The lowest BCUT2D eigenvalue weighted by Gasteiger charge is -2.12. The molecule has 14 heavy (non-hydrogen) atoms. The van der Waals surface area contributed by atoms with Crippen molar-refractivity contribution in [1.29, 1.82) is 0 Å². The van der Waals surface area contributed by atoms with Crippen molar-refractivity contribution in [2.24, 2.45) is 5.73 Å². The largest absolute Gasteiger partial charge is 0.391 e. The third kappa shape index (κ3) is 2.56. The van der Waals surface area contributed by atoms with Crippen LogP contribution in [-0.2, 0) is 6.42 Å². The van der Waals surface area contributed by atoms with Gasteiger partial charge in [0, 0.05) is 6.54 Å². The summed E-state index contributed by atoms with van der Waals surface area (Å²) in [6.07, 6.45) is 0.236. The summed E-state index contributed by atoms with van der Waals surface area (Å²) in [5.41, 5.74) is 10.4. The summed E-state index contributed by atoms with van der Waals surface area (Å²) in [6, 6.07) is 4.30. The van der Waals surface area contributed by atoms with E-state index < -0.39 is 6.10 Å². The molecule has 0 saturated carbocycles. The van der Waals surface area contributed by atoms with Gasteiger partial charge in [0.05, 0.1) is 6.10 Å². The summed E-state index contributed by atoms with van der Waals surface area (Å²) >= 11 is 0. The molecule has 1 aromatic rings. The highest BCUT2D eigenvalue weighted by Crippen LogP contribution is 2.16. The van der Waals surface area contributed by atoms with Crippen molar-refractivity contribution in [1.82, 2.24) is 0 Å². The summed E-state index contributed by atoms with van der Waals surface area (Å²) < 4.78 is 0. The summed E-state index contributed by atoms with van der Waals surface area (Å²) in [6.45, 7) is 6.59. The van der Waals surface area contributed by atoms with E-state index in [1.807, 2.05) is 0 Å². The van der Waals surface area contributed by atoms with E-state index in [0.717, 1.165) is 0 Å². The molecule has 0 amide bonds. The van der Waals surface area contributed by atoms with Crippen molar-refractivity contribution in [3.05, 3.63) is 34.4 Å². The SMILES string of the molecule is Cc1cc(C)c(CC(O)CN)cc1C. The molecule has 1 atom stereocenters. The van der Waals surface area contributed by atoms with Crippen LogP contribution in [0.1, 0.15) is 22.3 Å². The molecule has 3 N–H and O–H groups in total. The smallest absolute Gasteiger partial charge is 0.0702 e. The van der Waals surface area contributed by atoms with Gasteiger partial charge in [0.2, 0.25) is 0 Å². The minimum atomic E-state index is -0.421. The van der Waals surface area contributed by atoms with Gasteiger partial charge < -0.3 is 10.8 Å². The molecule has 1 rings (SSSR count). The molecule has 2 nitrogen and oxygen atoms in total. The summed E-state index contributed by atoms with van der Waals surface area (Å²) in [5.74, 6) is 0. The van der Waals surface area contributed by atoms with E-state index in [2.05, 4.69) is 32.9 Å². The molecule has 0 aromatic heterocycles. The van der Waals surface area contributed by atoms with Gasteiger partial charge in [-0.15, -0.1) is 0 Å². The fourth-order valence-electron chi connectivity index (χ4n) is 1.58. The third-order valence-corrected chi connectivity index (χ3v) is 2.68. The van der Waals surface area contributed by atoms with Crippen molar-refractivity contribution < 1.29 is 5.11 Å². The summed E-state index contributed by atoms with van der Waals surface area (Å²) in [5, 5.41) is 9.47. The van der Waals surface area contributed by atoms with Gasteiger partial charge in [-0.1, -0.05) is 12.1 Å². The molecule has 78 valence electrons. The van der Waals surface area contributed by atoms with Gasteiger partial charge in [-0.3, -0.25) is 0 Å². The molecule has 1 unspecified atom stereocenters. The van der Waals surface area contributed by atoms with Crippen LogP contribution in [0.2, 0.25) is 0 Å². The third-order valence-electron chi connectivity index (χ3n) is 2.68. The fourth-order valence-corrected chi connectivity index (χ4v) is 1.58. The minimum absolute atomic E-state index is 0.326. The van der Waals surface area contributed by atoms with Crippen LogP contribution in [0, 0.1) is 20.8 Å². The van der Waals surface area contributed by atoms with E-state index >= 15 is 0 Å². The number of benzene rings is 1. The van der Waals surface area contributed by atoms with E-state index in [0.29, 0.717) is 13.0 Å². The van der Waals surface area contributed by atoms with Gasteiger partial charge >= 0.3 is 0 Å². The Labute approximate surface area is 85.8 Å². The number of hydrogen-bond acceptors (Lipinski definition) is 2. The highest BCUT2D eigenvalue weighted by atomic mass is 16.3. The average molecular weight is 193 g/mol. The number of hydrogen-bond donors (Lipinski definition) is 2. The first-order valence-electron chi connectivity index (χ1n) is 4.99. The van der Waals surface area contributed by atoms with Crippen molar-refractivity contribution >= 4 is 0 Å². The zero-order valence-electron chi connectivity index (χ0n) is 9.17. The Morgan fingerprint density at radius 3 is 2.29 bits per heavy atom. The normalized spacial score (nSPS) is 12.9. The minimum Gasteiger partial charge on any atom is -0.391 e. The van der Waals surface area contributed by atoms with Crippen LogP contribution in [0.5, 0.6) is 0 Å². The molecule has 0 heterocycles. The maximum absolute atomic E-state index is 9.47. The van der Waals surface area contributed by atoms with Gasteiger partial charge in [0.25, 0.3) is 0 Å². The molecule has 0 aliphatic carbocycles. The van der Waals surface area contributed by atoms with E-state index in [9.17, 15) is 5.11 Å². The van der Waals surface area contributed by atoms with Crippen LogP contribution in [-0.4, -0.2) is 17.8 Å². The molecule has 0 saturated heterocycles. The Kier molecular flexibility index (Phi) is 3.67. The van der Waals surface area contributed by atoms with Crippen LogP contribution < -0.4 is 5.73 Å². The predicted molar refractivity (Wildman–Crippen MR) is 59.4 cm³/mol. The quantitative estimate of drug-likeness (QED) is 0.763. The lowest BCUT2D eigenvalue weighted by atomic mass is 9.97. The van der Waals surface area contributed by atoms with Crippen LogP contribution in [0.25, 0.3) is 0 Å². The van der Waals surface area contributed by atoms with Crippen LogP contribution >= 0.6 is 0 Å². The number of aryl methyl sites for hydroxylation is 3. The molecular weight excluding hydrogens is 174 g/mol. The molecule has 0 spiro atoms. The molecule has 0 aliphatic rings. The molecule has 0 bridgehead atoms. The number of rotatable bonds is 3. The second kappa shape index (κ2) is 4.58. The second-order valence-electron chi connectivity index (χ2n) is 3.96. The molecular formula is C12H19NO. The van der Waals surface area contributed by atoms with Gasteiger partial charge in [-0.2, -0.15) is 0 Å². The molecule has 0 fully saturated rings. The Bertz CT molecular complexity index is 320. The Hall–Kier alpha value is -0.860. The lowest BCUT2D eigenvalue weighted by Crippen LogP contribution is -2.22. The van der Waals surface area contributed by atoms with Crippen molar-refractivity contribution in [2.75, 3.05) is 6.54 Å². The van der Waals surface area contributed by atoms with E-state index in [1.165, 1.54) is 22.3 Å². The van der Waals surface area contributed by atoms with Crippen molar-refractivity contribution in [2.45, 2.75) is 33.3 Å². The van der Waals surface area contributed by atoms with Crippen molar-refractivity contribution in [3.8, 4) is 0 Å². The molecule has 1 aromatic carbocycles. The predicted octanol–water partition coefficient (Wildman–Crippen LogP) is 1.47. The van der Waals surface area contributed by atoms with Crippen LogP contribution in [0.15, 0.2) is 12.1 Å². The lowest BCUT2D eigenvalue weighted by molar-refractivity contribution is 0.183. The van der Waals surface area contributed by atoms with Crippen LogP contribution in [0.3, 0.4) is 0 Å². The fraction of sp³-hybridized carbons (Fsp3) is 0.500. The first kappa shape index (κ1) is 11.2. The highest BCUT2D eigenvalue weighted by Gasteiger charge is 2.06. The zero-order valence-corrected chi connectivity index (χ0v) is 9.17. The Morgan fingerprint density at radius 2 is 1.71 bits per heavy atom. The summed E-state index contributed by atoms with van der Waals surface area (Å²) in [4.78, 5) is 0. The van der Waals surface area contributed by atoms with Gasteiger partial charge in [-0.25, -0.2) is 0 Å². The van der Waals surface area contributed by atoms with E-state index in [-0.39, 0.29) is 0 Å². The first-order chi connectivity index (χ1) is 6.54. The van der Waals surface area contributed by atoms with E-state index in [4.69, 9.17) is 5.73 Å². The maximum atomic E-state index is 9.47. The maximum Gasteiger partial charge on any atom is 0.0702 e. The average Bonchev–Trinajstić information content (AvgIpc) is 2.14. The van der Waals surface area contributed by atoms with Gasteiger partial charge in [-0.05, 0) is 49.4 Å². The first-order valence-corrected chi connectivity index (χ1v) is 4.99. The van der Waals surface area contributed by atoms with Gasteiger partial charge in [0.15, 0.2) is 0 Å². The molecule has 0 radical (unpaired) electrons. The number of nitrogens with two attached hydrogens (primary N) is 1. The molecule has 0 aliphatic heterocycles. The number of aliphatic hydroxyl groups excluding tert-OH is 1. The second-order valence-corrected chi connectivity index (χ2v) is 3.96. The standard InChI is InChI=1S/C12H19NO/c1-8-4-10(3)11(5-9(8)2)6-12(14)7-13/h4-5,12,14H,6-7,13H2,1-3H3. The number of aliphatic hydroxyl groups is 1. The topological polar surface area (TPSA) is 46.2 Å². The zero-order chi connectivity index (χ0) is 10.7. The molecule has 2 heteroatoms. The monoisotopic (exact) mass is 193 g/mol. The van der Waals surface area contributed by atoms with Crippen LogP contribution in [0.4, 0.5) is 0 Å². The van der Waals surface area contributed by atoms with Gasteiger partial charge in [0.1, 0.15) is 0 Å². The Balaban J connectivity index is 2.92. The van der Waals surface area contributed by atoms with Crippen molar-refractivity contribution in [3.63, 3.8) is 0 Å². The Morgan fingerprint density at radius 1 is 1.14 bits per heavy atom. The van der Waals surface area contributed by atoms with E-state index in [1.54, 1.807) is 0 Å². The highest BCUT2D eigenvalue weighted by molar-refractivity contribution is 5.36. The summed E-state index contributed by atoms with van der Waals surface area (Å²) in [7, 11) is 0.